The van der Waals surface area contributed by atoms with E-state index in [2.05, 4.69) is 15.6 Å². The van der Waals surface area contributed by atoms with Crippen molar-refractivity contribution in [2.75, 3.05) is 10.6 Å². The first kappa shape index (κ1) is 17.5. The normalized spacial score (nSPS) is 10.4. The number of hydrogen-bond donors (Lipinski definition) is 2. The molecule has 3 rings (SSSR count). The highest BCUT2D eigenvalue weighted by Gasteiger charge is 2.11. The zero-order valence-electron chi connectivity index (χ0n) is 14.1. The molecule has 3 aromatic rings. The first-order valence-electron chi connectivity index (χ1n) is 8.03. The molecule has 1 amide bonds. The van der Waals surface area contributed by atoms with Crippen LogP contribution in [0.5, 0.6) is 0 Å². The standard InChI is InChI=1S/C20H17F2N3O/c1-13-4-2-3-5-14(13)11-24-17-8-15(10-23-12-17)20(26)25-19-7-6-16(21)9-18(19)22/h2-10,12,24H,11H2,1H3,(H,25,26). The number of carbonyl (C=O) groups excluding carboxylic acids is 1. The summed E-state index contributed by atoms with van der Waals surface area (Å²) in [6, 6.07) is 12.6. The fourth-order valence-electron chi connectivity index (χ4n) is 2.45. The molecule has 4 nitrogen and oxygen atoms in total. The third kappa shape index (κ3) is 4.22. The number of carbonyl (C=O) groups is 1. The van der Waals surface area contributed by atoms with E-state index in [0.717, 1.165) is 17.2 Å². The average Bonchev–Trinajstić information content (AvgIpc) is 2.63. The zero-order chi connectivity index (χ0) is 18.5. The molecular formula is C20H17F2N3O. The smallest absolute Gasteiger partial charge is 0.257 e. The molecule has 132 valence electrons. The zero-order valence-corrected chi connectivity index (χ0v) is 14.1. The second-order valence-corrected chi connectivity index (χ2v) is 5.82. The van der Waals surface area contributed by atoms with Crippen molar-refractivity contribution in [3.63, 3.8) is 0 Å². The third-order valence-electron chi connectivity index (χ3n) is 3.92. The minimum Gasteiger partial charge on any atom is -0.380 e. The molecular weight excluding hydrogens is 336 g/mol. The summed E-state index contributed by atoms with van der Waals surface area (Å²) in [4.78, 5) is 16.3. The van der Waals surface area contributed by atoms with Crippen LogP contribution in [0.15, 0.2) is 60.9 Å². The number of anilines is 2. The van der Waals surface area contributed by atoms with E-state index in [1.165, 1.54) is 12.3 Å². The van der Waals surface area contributed by atoms with Crippen LogP contribution < -0.4 is 10.6 Å². The molecule has 1 heterocycles. The Kier molecular flexibility index (Phi) is 5.22. The number of nitrogens with one attached hydrogen (secondary N) is 2. The minimum atomic E-state index is -0.833. The lowest BCUT2D eigenvalue weighted by Crippen LogP contribution is -2.14. The molecule has 0 radical (unpaired) electrons. The number of benzene rings is 2. The Morgan fingerprint density at radius 3 is 2.65 bits per heavy atom. The second kappa shape index (κ2) is 7.74. The fraction of sp³-hybridized carbons (Fsp3) is 0.100. The number of pyridine rings is 1. The van der Waals surface area contributed by atoms with Gasteiger partial charge in [0.1, 0.15) is 11.6 Å². The summed E-state index contributed by atoms with van der Waals surface area (Å²) in [7, 11) is 0. The predicted molar refractivity (Wildman–Crippen MR) is 97.1 cm³/mol. The number of halogens is 2. The quantitative estimate of drug-likeness (QED) is 0.708. The molecule has 0 saturated carbocycles. The van der Waals surface area contributed by atoms with Crippen molar-refractivity contribution in [2.24, 2.45) is 0 Å². The number of rotatable bonds is 5. The largest absolute Gasteiger partial charge is 0.380 e. The van der Waals surface area contributed by atoms with Crippen molar-refractivity contribution in [3.05, 3.63) is 89.2 Å². The molecule has 0 spiro atoms. The van der Waals surface area contributed by atoms with E-state index in [9.17, 15) is 13.6 Å². The van der Waals surface area contributed by atoms with Crippen molar-refractivity contribution in [2.45, 2.75) is 13.5 Å². The first-order valence-corrected chi connectivity index (χ1v) is 8.03. The maximum Gasteiger partial charge on any atom is 0.257 e. The van der Waals surface area contributed by atoms with Gasteiger partial charge in [-0.05, 0) is 36.2 Å². The highest BCUT2D eigenvalue weighted by Crippen LogP contribution is 2.17. The van der Waals surface area contributed by atoms with Gasteiger partial charge in [-0.3, -0.25) is 9.78 Å². The van der Waals surface area contributed by atoms with Gasteiger partial charge in [0.15, 0.2) is 0 Å². The number of nitrogens with zero attached hydrogens (tertiary/aromatic N) is 1. The van der Waals surface area contributed by atoms with Crippen LogP contribution >= 0.6 is 0 Å². The molecule has 0 atom stereocenters. The lowest BCUT2D eigenvalue weighted by Gasteiger charge is -2.10. The van der Waals surface area contributed by atoms with E-state index in [-0.39, 0.29) is 11.3 Å². The summed E-state index contributed by atoms with van der Waals surface area (Å²) < 4.78 is 26.6. The molecule has 0 unspecified atom stereocenters. The van der Waals surface area contributed by atoms with Gasteiger partial charge >= 0.3 is 0 Å². The van der Waals surface area contributed by atoms with Gasteiger partial charge in [-0.1, -0.05) is 24.3 Å². The molecule has 0 saturated heterocycles. The summed E-state index contributed by atoms with van der Waals surface area (Å²) in [6.45, 7) is 2.61. The van der Waals surface area contributed by atoms with Crippen molar-refractivity contribution in [1.82, 2.24) is 4.98 Å². The van der Waals surface area contributed by atoms with Crippen LogP contribution in [0.4, 0.5) is 20.2 Å². The maximum absolute atomic E-state index is 13.7. The summed E-state index contributed by atoms with van der Waals surface area (Å²) in [5.74, 6) is -2.06. The molecule has 0 aliphatic carbocycles. The third-order valence-corrected chi connectivity index (χ3v) is 3.92. The van der Waals surface area contributed by atoms with Gasteiger partial charge in [0.25, 0.3) is 5.91 Å². The minimum absolute atomic E-state index is 0.0883. The molecule has 0 bridgehead atoms. The highest BCUT2D eigenvalue weighted by atomic mass is 19.1. The van der Waals surface area contributed by atoms with Crippen LogP contribution in [0.1, 0.15) is 21.5 Å². The summed E-state index contributed by atoms with van der Waals surface area (Å²) in [5.41, 5.74) is 3.14. The van der Waals surface area contributed by atoms with E-state index in [1.807, 2.05) is 31.2 Å². The Balaban J connectivity index is 1.70. The van der Waals surface area contributed by atoms with Crippen LogP contribution in [0.3, 0.4) is 0 Å². The molecule has 6 heteroatoms. The summed E-state index contributed by atoms with van der Waals surface area (Å²) >= 11 is 0. The summed E-state index contributed by atoms with van der Waals surface area (Å²) in [6.07, 6.45) is 2.99. The lowest BCUT2D eigenvalue weighted by molar-refractivity contribution is 0.102. The van der Waals surface area contributed by atoms with E-state index < -0.39 is 17.5 Å². The Bertz CT molecular complexity index is 944. The van der Waals surface area contributed by atoms with E-state index in [4.69, 9.17) is 0 Å². The SMILES string of the molecule is Cc1ccccc1CNc1cncc(C(=O)Nc2ccc(F)cc2F)c1. The Morgan fingerprint density at radius 2 is 1.88 bits per heavy atom. The Hall–Kier alpha value is -3.28. The van der Waals surface area contributed by atoms with E-state index in [0.29, 0.717) is 18.3 Å². The van der Waals surface area contributed by atoms with Crippen molar-refractivity contribution in [3.8, 4) is 0 Å². The van der Waals surface area contributed by atoms with Crippen molar-refractivity contribution >= 4 is 17.3 Å². The van der Waals surface area contributed by atoms with Gasteiger partial charge in [-0.2, -0.15) is 0 Å². The van der Waals surface area contributed by atoms with Gasteiger partial charge in [0.2, 0.25) is 0 Å². The van der Waals surface area contributed by atoms with Gasteiger partial charge in [0.05, 0.1) is 16.9 Å². The van der Waals surface area contributed by atoms with Gasteiger partial charge in [-0.15, -0.1) is 0 Å². The van der Waals surface area contributed by atoms with Gasteiger partial charge in [0, 0.05) is 25.0 Å². The molecule has 2 aromatic carbocycles. The molecule has 1 aromatic heterocycles. The van der Waals surface area contributed by atoms with Crippen LogP contribution in [-0.2, 0) is 6.54 Å². The molecule has 0 aliphatic rings. The number of aromatic nitrogens is 1. The first-order chi connectivity index (χ1) is 12.5. The van der Waals surface area contributed by atoms with E-state index in [1.54, 1.807) is 12.3 Å². The average molecular weight is 353 g/mol. The van der Waals surface area contributed by atoms with Crippen LogP contribution in [0, 0.1) is 18.6 Å². The van der Waals surface area contributed by atoms with Crippen LogP contribution in [0.25, 0.3) is 0 Å². The molecule has 0 fully saturated rings. The highest BCUT2D eigenvalue weighted by molar-refractivity contribution is 6.04. The van der Waals surface area contributed by atoms with E-state index >= 15 is 0 Å². The Labute approximate surface area is 149 Å². The summed E-state index contributed by atoms with van der Waals surface area (Å²) in [5, 5.41) is 5.63. The molecule has 2 N–H and O–H groups in total. The van der Waals surface area contributed by atoms with Crippen LogP contribution in [0.2, 0.25) is 0 Å². The predicted octanol–water partition coefficient (Wildman–Crippen LogP) is 4.53. The number of hydrogen-bond acceptors (Lipinski definition) is 3. The number of amides is 1. The van der Waals surface area contributed by atoms with Crippen molar-refractivity contribution < 1.29 is 13.6 Å². The second-order valence-electron chi connectivity index (χ2n) is 5.82. The van der Waals surface area contributed by atoms with Crippen molar-refractivity contribution in [1.29, 1.82) is 0 Å². The van der Waals surface area contributed by atoms with Gasteiger partial charge < -0.3 is 10.6 Å². The topological polar surface area (TPSA) is 54.0 Å². The number of aryl methyl sites for hydroxylation is 1. The monoisotopic (exact) mass is 353 g/mol. The maximum atomic E-state index is 13.7. The Morgan fingerprint density at radius 1 is 1.08 bits per heavy atom. The molecule has 26 heavy (non-hydrogen) atoms. The van der Waals surface area contributed by atoms with Gasteiger partial charge in [-0.25, -0.2) is 8.78 Å². The molecule has 0 aliphatic heterocycles. The lowest BCUT2D eigenvalue weighted by atomic mass is 10.1. The fourth-order valence-corrected chi connectivity index (χ4v) is 2.45. The van der Waals surface area contributed by atoms with Crippen LogP contribution in [-0.4, -0.2) is 10.9 Å².